The number of hydrogen-bond donors (Lipinski definition) is 3. The number of benzene rings is 1. The van der Waals surface area contributed by atoms with E-state index in [1.54, 1.807) is 18.4 Å². The van der Waals surface area contributed by atoms with Gasteiger partial charge in [0.2, 0.25) is 5.91 Å². The minimum atomic E-state index is -0.0764. The second-order valence-electron chi connectivity index (χ2n) is 5.23. The first-order chi connectivity index (χ1) is 11.6. The molecule has 2 aromatic rings. The number of aliphatic imine (C=N–C) groups is 1. The van der Waals surface area contributed by atoms with Gasteiger partial charge in [0.05, 0.1) is 6.54 Å². The van der Waals surface area contributed by atoms with E-state index in [1.165, 1.54) is 11.8 Å². The summed E-state index contributed by atoms with van der Waals surface area (Å²) in [6.07, 6.45) is 2.93. The average molecular weight is 473 g/mol. The van der Waals surface area contributed by atoms with Crippen LogP contribution in [0.15, 0.2) is 35.5 Å². The molecule has 2 rings (SSSR count). The van der Waals surface area contributed by atoms with E-state index < -0.39 is 0 Å². The molecular weight excluding hydrogens is 449 g/mol. The normalized spacial score (nSPS) is 10.8. The number of anilines is 1. The predicted molar refractivity (Wildman–Crippen MR) is 115 cm³/mol. The third kappa shape index (κ3) is 7.39. The smallest absolute Gasteiger partial charge is 0.221 e. The number of nitrogens with zero attached hydrogens (tertiary/aromatic N) is 2. The summed E-state index contributed by atoms with van der Waals surface area (Å²) in [7, 11) is 1.74. The molecular formula is C17H24IN5OS. The molecule has 0 aliphatic carbocycles. The van der Waals surface area contributed by atoms with Gasteiger partial charge < -0.3 is 16.0 Å². The van der Waals surface area contributed by atoms with Gasteiger partial charge in [-0.15, -0.1) is 35.3 Å². The monoisotopic (exact) mass is 473 g/mol. The van der Waals surface area contributed by atoms with Gasteiger partial charge in [0.15, 0.2) is 5.96 Å². The number of carbonyl (C=O) groups excluding carboxylic acids is 1. The fourth-order valence-corrected chi connectivity index (χ4v) is 2.92. The summed E-state index contributed by atoms with van der Waals surface area (Å²) >= 11 is 1.71. The topological polar surface area (TPSA) is 78.4 Å². The van der Waals surface area contributed by atoms with Crippen LogP contribution in [-0.4, -0.2) is 23.9 Å². The molecule has 1 aromatic carbocycles. The number of nitrogens with one attached hydrogen (secondary N) is 3. The van der Waals surface area contributed by atoms with Crippen molar-refractivity contribution in [1.29, 1.82) is 0 Å². The van der Waals surface area contributed by atoms with Gasteiger partial charge in [-0.1, -0.05) is 19.1 Å². The molecule has 0 aliphatic heterocycles. The highest BCUT2D eigenvalue weighted by Gasteiger charge is 2.03. The van der Waals surface area contributed by atoms with Crippen molar-refractivity contribution in [3.63, 3.8) is 0 Å². The molecule has 1 amide bonds. The molecule has 25 heavy (non-hydrogen) atoms. The number of halogens is 1. The fourth-order valence-electron chi connectivity index (χ4n) is 2.12. The third-order valence-electron chi connectivity index (χ3n) is 3.29. The van der Waals surface area contributed by atoms with Crippen molar-refractivity contribution in [2.45, 2.75) is 33.4 Å². The van der Waals surface area contributed by atoms with Crippen molar-refractivity contribution in [2.75, 3.05) is 12.4 Å². The van der Waals surface area contributed by atoms with Gasteiger partial charge in [-0.2, -0.15) is 0 Å². The molecule has 0 radical (unpaired) electrons. The number of carbonyl (C=O) groups is 1. The molecule has 0 saturated heterocycles. The van der Waals surface area contributed by atoms with Gasteiger partial charge in [0, 0.05) is 37.3 Å². The summed E-state index contributed by atoms with van der Waals surface area (Å²) in [6.45, 7) is 4.89. The number of rotatable bonds is 6. The highest BCUT2D eigenvalue weighted by atomic mass is 127. The first-order valence-corrected chi connectivity index (χ1v) is 8.67. The minimum Gasteiger partial charge on any atom is -0.352 e. The standard InChI is InChI=1S/C17H23N5OS.HI/c1-4-15-10-19-16(24-15)11-21-17(18-3)20-9-13-6-5-7-14(8-13)22-12(2)23;/h5-8,10H,4,9,11H2,1-3H3,(H,22,23)(H2,18,20,21);1H. The average Bonchev–Trinajstić information content (AvgIpc) is 3.03. The molecule has 8 heteroatoms. The molecule has 0 fully saturated rings. The van der Waals surface area contributed by atoms with Crippen LogP contribution in [0.4, 0.5) is 5.69 Å². The molecule has 0 aliphatic rings. The summed E-state index contributed by atoms with van der Waals surface area (Å²) in [6, 6.07) is 7.72. The van der Waals surface area contributed by atoms with Crippen LogP contribution in [0.3, 0.4) is 0 Å². The molecule has 3 N–H and O–H groups in total. The van der Waals surface area contributed by atoms with Gasteiger partial charge in [-0.05, 0) is 24.1 Å². The Morgan fingerprint density at radius 1 is 1.28 bits per heavy atom. The van der Waals surface area contributed by atoms with E-state index in [0.717, 1.165) is 22.7 Å². The van der Waals surface area contributed by atoms with E-state index in [2.05, 4.69) is 32.9 Å². The van der Waals surface area contributed by atoms with Crippen LogP contribution in [0, 0.1) is 0 Å². The molecule has 0 spiro atoms. The highest BCUT2D eigenvalue weighted by Crippen LogP contribution is 2.13. The first kappa shape index (κ1) is 21.4. The van der Waals surface area contributed by atoms with E-state index in [4.69, 9.17) is 0 Å². The van der Waals surface area contributed by atoms with Crippen LogP contribution in [0.1, 0.15) is 29.3 Å². The number of aryl methyl sites for hydroxylation is 1. The largest absolute Gasteiger partial charge is 0.352 e. The van der Waals surface area contributed by atoms with Crippen molar-refractivity contribution in [3.05, 3.63) is 45.9 Å². The number of guanidine groups is 1. The van der Waals surface area contributed by atoms with E-state index in [9.17, 15) is 4.79 Å². The molecule has 1 heterocycles. The third-order valence-corrected chi connectivity index (χ3v) is 4.43. The fraction of sp³-hybridized carbons (Fsp3) is 0.353. The lowest BCUT2D eigenvalue weighted by Crippen LogP contribution is -2.36. The second kappa shape index (κ2) is 11.0. The Morgan fingerprint density at radius 2 is 2.04 bits per heavy atom. The van der Waals surface area contributed by atoms with Crippen LogP contribution >= 0.6 is 35.3 Å². The zero-order chi connectivity index (χ0) is 17.4. The number of aromatic nitrogens is 1. The van der Waals surface area contributed by atoms with E-state index >= 15 is 0 Å². The first-order valence-electron chi connectivity index (χ1n) is 7.85. The van der Waals surface area contributed by atoms with Crippen LogP contribution in [0.5, 0.6) is 0 Å². The summed E-state index contributed by atoms with van der Waals surface area (Å²) in [4.78, 5) is 21.0. The maximum atomic E-state index is 11.1. The predicted octanol–water partition coefficient (Wildman–Crippen LogP) is 3.15. The Hall–Kier alpha value is -1.68. The van der Waals surface area contributed by atoms with Gasteiger partial charge in [0.1, 0.15) is 5.01 Å². The second-order valence-corrected chi connectivity index (χ2v) is 6.43. The van der Waals surface area contributed by atoms with Crippen molar-refractivity contribution in [1.82, 2.24) is 15.6 Å². The van der Waals surface area contributed by atoms with Gasteiger partial charge in [-0.3, -0.25) is 9.79 Å². The van der Waals surface area contributed by atoms with Crippen molar-refractivity contribution in [3.8, 4) is 0 Å². The summed E-state index contributed by atoms with van der Waals surface area (Å²) in [5, 5.41) is 10.3. The van der Waals surface area contributed by atoms with Crippen LogP contribution in [0.25, 0.3) is 0 Å². The van der Waals surface area contributed by atoms with Crippen molar-refractivity contribution in [2.24, 2.45) is 4.99 Å². The number of amides is 1. The Labute approximate surface area is 169 Å². The summed E-state index contributed by atoms with van der Waals surface area (Å²) < 4.78 is 0. The Balaban J connectivity index is 0.00000312. The zero-order valence-corrected chi connectivity index (χ0v) is 17.8. The van der Waals surface area contributed by atoms with Crippen LogP contribution < -0.4 is 16.0 Å². The minimum absolute atomic E-state index is 0. The zero-order valence-electron chi connectivity index (χ0n) is 14.6. The molecule has 0 saturated carbocycles. The molecule has 0 unspecified atom stereocenters. The quantitative estimate of drug-likeness (QED) is 0.342. The summed E-state index contributed by atoms with van der Waals surface area (Å²) in [5.74, 6) is 0.640. The Morgan fingerprint density at radius 3 is 2.68 bits per heavy atom. The molecule has 0 atom stereocenters. The molecule has 6 nitrogen and oxygen atoms in total. The lowest BCUT2D eigenvalue weighted by atomic mass is 10.2. The number of hydrogen-bond acceptors (Lipinski definition) is 4. The van der Waals surface area contributed by atoms with E-state index in [-0.39, 0.29) is 29.9 Å². The number of thiazole rings is 1. The highest BCUT2D eigenvalue weighted by molar-refractivity contribution is 14.0. The molecule has 0 bridgehead atoms. The van der Waals surface area contributed by atoms with Crippen LogP contribution in [-0.2, 0) is 24.3 Å². The maximum absolute atomic E-state index is 11.1. The van der Waals surface area contributed by atoms with Gasteiger partial charge in [0.25, 0.3) is 0 Å². The SMILES string of the molecule is CCc1cnc(CNC(=NC)NCc2cccc(NC(C)=O)c2)s1.I. The van der Waals surface area contributed by atoms with Crippen LogP contribution in [0.2, 0.25) is 0 Å². The van der Waals surface area contributed by atoms with Crippen molar-refractivity contribution < 1.29 is 4.79 Å². The molecule has 136 valence electrons. The van der Waals surface area contributed by atoms with Gasteiger partial charge >= 0.3 is 0 Å². The maximum Gasteiger partial charge on any atom is 0.221 e. The lowest BCUT2D eigenvalue weighted by molar-refractivity contribution is -0.114. The lowest BCUT2D eigenvalue weighted by Gasteiger charge is -2.12. The van der Waals surface area contributed by atoms with E-state index in [1.807, 2.05) is 30.5 Å². The summed E-state index contributed by atoms with van der Waals surface area (Å²) in [5.41, 5.74) is 1.85. The Kier molecular flexibility index (Phi) is 9.43. The molecule has 1 aromatic heterocycles. The Bertz CT molecular complexity index is 717. The van der Waals surface area contributed by atoms with E-state index in [0.29, 0.717) is 19.0 Å². The van der Waals surface area contributed by atoms with Crippen molar-refractivity contribution >= 4 is 52.9 Å². The van der Waals surface area contributed by atoms with Gasteiger partial charge in [-0.25, -0.2) is 4.98 Å².